The van der Waals surface area contributed by atoms with Gasteiger partial charge in [-0.05, 0) is 34.7 Å². The average molecular weight is 452 g/mol. The van der Waals surface area contributed by atoms with Crippen molar-refractivity contribution in [3.63, 3.8) is 0 Å². The van der Waals surface area contributed by atoms with Crippen LogP contribution in [0.15, 0.2) is 36.4 Å². The predicted molar refractivity (Wildman–Crippen MR) is 94.7 cm³/mol. The third-order valence-electron chi connectivity index (χ3n) is 3.68. The number of anilines is 1. The van der Waals surface area contributed by atoms with Crippen molar-refractivity contribution in [3.8, 4) is 0 Å². The fourth-order valence-electron chi connectivity index (χ4n) is 2.58. The highest BCUT2D eigenvalue weighted by Gasteiger charge is 2.40. The van der Waals surface area contributed by atoms with E-state index in [-0.39, 0.29) is 31.6 Å². The van der Waals surface area contributed by atoms with Gasteiger partial charge in [0.05, 0.1) is 34.4 Å². The number of nitrogens with zero attached hydrogens (tertiary/aromatic N) is 2. The smallest absolute Gasteiger partial charge is 0.340 e. The van der Waals surface area contributed by atoms with Crippen LogP contribution in [0.3, 0.4) is 0 Å². The van der Waals surface area contributed by atoms with E-state index in [0.717, 1.165) is 18.1 Å². The first-order valence-electron chi connectivity index (χ1n) is 6.91. The molecule has 0 saturated carbocycles. The van der Waals surface area contributed by atoms with Crippen molar-refractivity contribution < 1.29 is 24.0 Å². The number of halogens is 1. The normalized spacial score (nSPS) is 13.0. The fourth-order valence-corrected chi connectivity index (χ4v) is 3.43. The molecule has 0 radical (unpaired) electrons. The molecule has 0 unspecified atom stereocenters. The second kappa shape index (κ2) is 6.24. The zero-order valence-electron chi connectivity index (χ0n) is 12.7. The van der Waals surface area contributed by atoms with Crippen LogP contribution in [-0.2, 0) is 4.74 Å². The van der Waals surface area contributed by atoms with Crippen LogP contribution < -0.4 is 4.90 Å². The molecular formula is C16H9IN2O6. The van der Waals surface area contributed by atoms with Gasteiger partial charge in [-0.1, -0.05) is 12.1 Å². The minimum atomic E-state index is -0.881. The molecule has 0 aliphatic carbocycles. The van der Waals surface area contributed by atoms with Crippen LogP contribution in [0.1, 0.15) is 31.1 Å². The van der Waals surface area contributed by atoms with Crippen LogP contribution in [0.25, 0.3) is 0 Å². The van der Waals surface area contributed by atoms with Crippen LogP contribution in [0.2, 0.25) is 0 Å². The molecule has 2 aromatic carbocycles. The molecular weight excluding hydrogens is 443 g/mol. The summed E-state index contributed by atoms with van der Waals surface area (Å²) in [5.41, 5.74) is -0.181. The summed E-state index contributed by atoms with van der Waals surface area (Å²) in [6.07, 6.45) is 0. The Morgan fingerprint density at radius 2 is 1.72 bits per heavy atom. The van der Waals surface area contributed by atoms with E-state index in [1.165, 1.54) is 18.2 Å². The Balaban J connectivity index is 2.24. The third-order valence-corrected chi connectivity index (χ3v) is 4.50. The standard InChI is InChI=1S/C16H9IN2O6/c1-25-16(22)11-6-8(19(23)24)7-12(17)13(11)18-14(20)9-4-2-3-5-10(9)15(18)21/h2-7H,1H3. The lowest BCUT2D eigenvalue weighted by atomic mass is 10.1. The number of esters is 1. The number of methoxy groups -OCH3 is 1. The zero-order chi connectivity index (χ0) is 18.3. The molecule has 0 spiro atoms. The van der Waals surface area contributed by atoms with Crippen molar-refractivity contribution in [2.45, 2.75) is 0 Å². The van der Waals surface area contributed by atoms with Crippen LogP contribution in [0.5, 0.6) is 0 Å². The number of rotatable bonds is 3. The van der Waals surface area contributed by atoms with E-state index in [2.05, 4.69) is 4.74 Å². The number of nitro benzene ring substituents is 1. The Hall–Kier alpha value is -2.82. The number of nitro groups is 1. The van der Waals surface area contributed by atoms with Gasteiger partial charge in [0.1, 0.15) is 0 Å². The van der Waals surface area contributed by atoms with E-state index in [9.17, 15) is 24.5 Å². The number of benzene rings is 2. The SMILES string of the molecule is COC(=O)c1cc([N+](=O)[O-])cc(I)c1N1C(=O)c2ccccc2C1=O. The first-order valence-corrected chi connectivity index (χ1v) is 7.98. The first kappa shape index (κ1) is 17.0. The summed E-state index contributed by atoms with van der Waals surface area (Å²) in [6, 6.07) is 8.43. The average Bonchev–Trinajstić information content (AvgIpc) is 2.85. The number of ether oxygens (including phenoxy) is 1. The van der Waals surface area contributed by atoms with Gasteiger partial charge in [0.15, 0.2) is 0 Å². The molecule has 1 heterocycles. The minimum Gasteiger partial charge on any atom is -0.465 e. The molecule has 3 rings (SSSR count). The van der Waals surface area contributed by atoms with E-state index in [1.807, 2.05) is 0 Å². The molecule has 2 amide bonds. The van der Waals surface area contributed by atoms with Crippen LogP contribution in [-0.4, -0.2) is 29.8 Å². The third kappa shape index (κ3) is 2.65. The minimum absolute atomic E-state index is 0.0238. The van der Waals surface area contributed by atoms with Gasteiger partial charge in [-0.15, -0.1) is 0 Å². The Morgan fingerprint density at radius 1 is 1.16 bits per heavy atom. The lowest BCUT2D eigenvalue weighted by Crippen LogP contribution is -2.32. The molecule has 0 fully saturated rings. The van der Waals surface area contributed by atoms with E-state index < -0.39 is 22.7 Å². The molecule has 0 aromatic heterocycles. The highest BCUT2D eigenvalue weighted by atomic mass is 127. The van der Waals surface area contributed by atoms with Crippen molar-refractivity contribution in [2.24, 2.45) is 0 Å². The number of hydrogen-bond donors (Lipinski definition) is 0. The van der Waals surface area contributed by atoms with Gasteiger partial charge < -0.3 is 4.74 Å². The fraction of sp³-hybridized carbons (Fsp3) is 0.0625. The van der Waals surface area contributed by atoms with Crippen LogP contribution in [0.4, 0.5) is 11.4 Å². The molecule has 8 nitrogen and oxygen atoms in total. The first-order chi connectivity index (χ1) is 11.9. The van der Waals surface area contributed by atoms with Gasteiger partial charge >= 0.3 is 5.97 Å². The maximum Gasteiger partial charge on any atom is 0.340 e. The van der Waals surface area contributed by atoms with E-state index in [4.69, 9.17) is 0 Å². The molecule has 1 aliphatic heterocycles. The number of imide groups is 1. The maximum atomic E-state index is 12.7. The highest BCUT2D eigenvalue weighted by molar-refractivity contribution is 14.1. The van der Waals surface area contributed by atoms with Crippen molar-refractivity contribution in [2.75, 3.05) is 12.0 Å². The van der Waals surface area contributed by atoms with E-state index in [0.29, 0.717) is 0 Å². The highest BCUT2D eigenvalue weighted by Crippen LogP contribution is 2.37. The Kier molecular flexibility index (Phi) is 4.25. The van der Waals surface area contributed by atoms with Gasteiger partial charge in [0.2, 0.25) is 0 Å². The number of amides is 2. The summed E-state index contributed by atoms with van der Waals surface area (Å²) in [6.45, 7) is 0. The van der Waals surface area contributed by atoms with E-state index in [1.54, 1.807) is 34.7 Å². The molecule has 1 aliphatic rings. The summed E-state index contributed by atoms with van der Waals surface area (Å²) < 4.78 is 4.87. The van der Waals surface area contributed by atoms with Crippen LogP contribution in [0, 0.1) is 13.7 Å². The van der Waals surface area contributed by atoms with E-state index >= 15 is 0 Å². The van der Waals surface area contributed by atoms with Gasteiger partial charge in [0, 0.05) is 15.7 Å². The topological polar surface area (TPSA) is 107 Å². The molecule has 126 valence electrons. The van der Waals surface area contributed by atoms with Gasteiger partial charge in [-0.2, -0.15) is 0 Å². The van der Waals surface area contributed by atoms with Crippen molar-refractivity contribution in [3.05, 3.63) is 66.8 Å². The van der Waals surface area contributed by atoms with Gasteiger partial charge in [-0.25, -0.2) is 9.69 Å². The monoisotopic (exact) mass is 452 g/mol. The lowest BCUT2D eigenvalue weighted by Gasteiger charge is -2.18. The summed E-state index contributed by atoms with van der Waals surface area (Å²) in [5, 5.41) is 11.1. The molecule has 9 heteroatoms. The summed E-state index contributed by atoms with van der Waals surface area (Å²) >= 11 is 1.75. The molecule has 0 N–H and O–H groups in total. The molecule has 0 bridgehead atoms. The van der Waals surface area contributed by atoms with Crippen molar-refractivity contribution in [1.82, 2.24) is 0 Å². The van der Waals surface area contributed by atoms with Gasteiger partial charge in [-0.3, -0.25) is 19.7 Å². The molecule has 0 atom stereocenters. The lowest BCUT2D eigenvalue weighted by molar-refractivity contribution is -0.385. The second-order valence-corrected chi connectivity index (χ2v) is 6.23. The Bertz CT molecular complexity index is 921. The number of non-ortho nitro benzene ring substituents is 1. The number of carbonyl (C=O) groups excluding carboxylic acids is 3. The van der Waals surface area contributed by atoms with Gasteiger partial charge in [0.25, 0.3) is 17.5 Å². The number of hydrogen-bond acceptors (Lipinski definition) is 6. The zero-order valence-corrected chi connectivity index (χ0v) is 14.8. The van der Waals surface area contributed by atoms with Crippen LogP contribution >= 0.6 is 22.6 Å². The molecule has 25 heavy (non-hydrogen) atoms. The summed E-state index contributed by atoms with van der Waals surface area (Å²) in [4.78, 5) is 48.7. The maximum absolute atomic E-state index is 12.7. The van der Waals surface area contributed by atoms with Crippen molar-refractivity contribution >= 4 is 51.7 Å². The summed E-state index contributed by atoms with van der Waals surface area (Å²) in [5.74, 6) is -2.08. The Morgan fingerprint density at radius 3 is 2.20 bits per heavy atom. The molecule has 2 aromatic rings. The quantitative estimate of drug-likeness (QED) is 0.233. The predicted octanol–water partition coefficient (Wildman–Crippen LogP) is 2.79. The second-order valence-electron chi connectivity index (χ2n) is 5.06. The van der Waals surface area contributed by atoms with Crippen molar-refractivity contribution in [1.29, 1.82) is 0 Å². The Labute approximate surface area is 154 Å². The number of carbonyl (C=O) groups is 3. The largest absolute Gasteiger partial charge is 0.465 e. The number of fused-ring (bicyclic) bond motifs is 1. The summed E-state index contributed by atoms with van der Waals surface area (Å²) in [7, 11) is 1.11. The molecule has 0 saturated heterocycles.